The molecule has 0 saturated heterocycles. The molecule has 1 rings (SSSR count). The van der Waals surface area contributed by atoms with E-state index in [-0.39, 0.29) is 0 Å². The fraction of sp³-hybridized carbons (Fsp3) is 0.818. The van der Waals surface area contributed by atoms with E-state index in [9.17, 15) is 9.59 Å². The third kappa shape index (κ3) is 5.40. The fourth-order valence-electron chi connectivity index (χ4n) is 2.03. The van der Waals surface area contributed by atoms with Crippen molar-refractivity contribution in [2.45, 2.75) is 44.9 Å². The number of carbonyl (C=O) groups is 2. The molecule has 0 spiro atoms. The Bertz CT molecular complexity index is 219. The summed E-state index contributed by atoms with van der Waals surface area (Å²) in [6.07, 6.45) is 6.67. The van der Waals surface area contributed by atoms with Crippen LogP contribution in [0.4, 0.5) is 0 Å². The van der Waals surface area contributed by atoms with Gasteiger partial charge in [0, 0.05) is 0 Å². The number of ether oxygens (including phenoxy) is 1. The van der Waals surface area contributed by atoms with E-state index in [4.69, 9.17) is 9.84 Å². The number of rotatable bonds is 6. The van der Waals surface area contributed by atoms with Crippen LogP contribution in [0.1, 0.15) is 44.9 Å². The van der Waals surface area contributed by atoms with Gasteiger partial charge in [-0.1, -0.05) is 25.7 Å². The molecule has 15 heavy (non-hydrogen) atoms. The van der Waals surface area contributed by atoms with Crippen LogP contribution < -0.4 is 0 Å². The highest BCUT2D eigenvalue weighted by atomic mass is 16.5. The Balaban J connectivity index is 1.96. The van der Waals surface area contributed by atoms with Gasteiger partial charge in [0.25, 0.3) is 0 Å². The SMILES string of the molecule is O=C(O)CC(=O)OCCCC1CCCC1. The zero-order valence-electron chi connectivity index (χ0n) is 8.91. The van der Waals surface area contributed by atoms with Crippen molar-refractivity contribution in [2.24, 2.45) is 5.92 Å². The summed E-state index contributed by atoms with van der Waals surface area (Å²) in [6.45, 7) is 0.364. The average molecular weight is 214 g/mol. The van der Waals surface area contributed by atoms with Crippen molar-refractivity contribution in [1.29, 1.82) is 0 Å². The van der Waals surface area contributed by atoms with E-state index in [1.165, 1.54) is 25.7 Å². The summed E-state index contributed by atoms with van der Waals surface area (Å²) in [4.78, 5) is 21.0. The summed E-state index contributed by atoms with van der Waals surface area (Å²) in [6, 6.07) is 0. The lowest BCUT2D eigenvalue weighted by Gasteiger charge is -2.08. The first kappa shape index (κ1) is 12.0. The number of carboxylic acid groups (broad SMARTS) is 1. The summed E-state index contributed by atoms with van der Waals surface area (Å²) in [7, 11) is 0. The van der Waals surface area contributed by atoms with Gasteiger partial charge in [0.2, 0.25) is 0 Å². The van der Waals surface area contributed by atoms with Crippen LogP contribution in [0, 0.1) is 5.92 Å². The van der Waals surface area contributed by atoms with Crippen LogP contribution in [0.15, 0.2) is 0 Å². The summed E-state index contributed by atoms with van der Waals surface area (Å²) >= 11 is 0. The predicted molar refractivity (Wildman–Crippen MR) is 54.4 cm³/mol. The Kier molecular flexibility index (Phi) is 5.15. The molecule has 4 heteroatoms. The molecular formula is C11H18O4. The van der Waals surface area contributed by atoms with Gasteiger partial charge in [-0.3, -0.25) is 9.59 Å². The molecule has 0 heterocycles. The van der Waals surface area contributed by atoms with Crippen LogP contribution in [0.2, 0.25) is 0 Å². The molecule has 1 aliphatic carbocycles. The molecule has 0 aromatic carbocycles. The Hall–Kier alpha value is -1.06. The van der Waals surface area contributed by atoms with Crippen molar-refractivity contribution < 1.29 is 19.4 Å². The molecular weight excluding hydrogens is 196 g/mol. The topological polar surface area (TPSA) is 63.6 Å². The van der Waals surface area contributed by atoms with Gasteiger partial charge in [-0.25, -0.2) is 0 Å². The number of carboxylic acids is 1. The number of hydrogen-bond donors (Lipinski definition) is 1. The van der Waals surface area contributed by atoms with Crippen molar-refractivity contribution in [3.05, 3.63) is 0 Å². The molecule has 0 aromatic heterocycles. The minimum absolute atomic E-state index is 0.364. The molecule has 1 N–H and O–H groups in total. The quantitative estimate of drug-likeness (QED) is 0.417. The summed E-state index contributed by atoms with van der Waals surface area (Å²) in [5.41, 5.74) is 0. The van der Waals surface area contributed by atoms with Crippen LogP contribution >= 0.6 is 0 Å². The molecule has 0 radical (unpaired) electrons. The maximum absolute atomic E-state index is 10.8. The van der Waals surface area contributed by atoms with Gasteiger partial charge in [-0.2, -0.15) is 0 Å². The highest BCUT2D eigenvalue weighted by Gasteiger charge is 2.14. The monoisotopic (exact) mass is 214 g/mol. The minimum Gasteiger partial charge on any atom is -0.481 e. The van der Waals surface area contributed by atoms with Gasteiger partial charge >= 0.3 is 11.9 Å². The second kappa shape index (κ2) is 6.43. The van der Waals surface area contributed by atoms with Crippen LogP contribution in [-0.2, 0) is 14.3 Å². The van der Waals surface area contributed by atoms with Gasteiger partial charge in [-0.05, 0) is 18.8 Å². The largest absolute Gasteiger partial charge is 0.481 e. The van der Waals surface area contributed by atoms with E-state index in [0.29, 0.717) is 6.61 Å². The Morgan fingerprint density at radius 3 is 2.53 bits per heavy atom. The molecule has 0 bridgehead atoms. The lowest BCUT2D eigenvalue weighted by molar-refractivity contribution is -0.151. The molecule has 0 unspecified atom stereocenters. The molecule has 0 aliphatic heterocycles. The van der Waals surface area contributed by atoms with Crippen molar-refractivity contribution in [3.63, 3.8) is 0 Å². The van der Waals surface area contributed by atoms with E-state index in [1.807, 2.05) is 0 Å². The second-order valence-corrected chi connectivity index (χ2v) is 4.08. The van der Waals surface area contributed by atoms with Crippen molar-refractivity contribution in [3.8, 4) is 0 Å². The maximum atomic E-state index is 10.8. The average Bonchev–Trinajstić information content (AvgIpc) is 2.63. The van der Waals surface area contributed by atoms with Crippen LogP contribution in [0.25, 0.3) is 0 Å². The molecule has 0 atom stereocenters. The van der Waals surface area contributed by atoms with E-state index < -0.39 is 18.4 Å². The third-order valence-corrected chi connectivity index (χ3v) is 2.79. The van der Waals surface area contributed by atoms with Gasteiger partial charge in [0.05, 0.1) is 6.61 Å². The summed E-state index contributed by atoms with van der Waals surface area (Å²) in [5, 5.41) is 8.31. The number of carbonyl (C=O) groups excluding carboxylic acids is 1. The highest BCUT2D eigenvalue weighted by molar-refractivity contribution is 5.90. The van der Waals surface area contributed by atoms with Crippen LogP contribution in [0.5, 0.6) is 0 Å². The Morgan fingerprint density at radius 1 is 1.27 bits per heavy atom. The first-order valence-electron chi connectivity index (χ1n) is 5.56. The molecule has 86 valence electrons. The van der Waals surface area contributed by atoms with E-state index in [1.54, 1.807) is 0 Å². The maximum Gasteiger partial charge on any atom is 0.317 e. The van der Waals surface area contributed by atoms with Gasteiger partial charge in [0.1, 0.15) is 6.42 Å². The normalized spacial score (nSPS) is 16.5. The Labute approximate surface area is 89.6 Å². The lowest BCUT2D eigenvalue weighted by Crippen LogP contribution is -2.11. The number of aliphatic carboxylic acids is 1. The van der Waals surface area contributed by atoms with Gasteiger partial charge < -0.3 is 9.84 Å². The van der Waals surface area contributed by atoms with E-state index >= 15 is 0 Å². The number of esters is 1. The predicted octanol–water partition coefficient (Wildman–Crippen LogP) is 1.97. The molecule has 1 saturated carbocycles. The van der Waals surface area contributed by atoms with Gasteiger partial charge in [-0.15, -0.1) is 0 Å². The zero-order valence-corrected chi connectivity index (χ0v) is 8.91. The molecule has 1 fully saturated rings. The zero-order chi connectivity index (χ0) is 11.1. The summed E-state index contributed by atoms with van der Waals surface area (Å²) in [5.74, 6) is -0.965. The Morgan fingerprint density at radius 2 is 1.93 bits per heavy atom. The number of hydrogen-bond acceptors (Lipinski definition) is 3. The van der Waals surface area contributed by atoms with Crippen molar-refractivity contribution >= 4 is 11.9 Å². The molecule has 1 aliphatic rings. The van der Waals surface area contributed by atoms with E-state index in [2.05, 4.69) is 0 Å². The minimum atomic E-state index is -1.13. The molecule has 4 nitrogen and oxygen atoms in total. The first-order chi connectivity index (χ1) is 7.18. The standard InChI is InChI=1S/C11H18O4/c12-10(13)8-11(14)15-7-3-6-9-4-1-2-5-9/h9H,1-8H2,(H,12,13). The second-order valence-electron chi connectivity index (χ2n) is 4.08. The smallest absolute Gasteiger partial charge is 0.317 e. The molecule has 0 aromatic rings. The fourth-order valence-corrected chi connectivity index (χ4v) is 2.03. The molecule has 0 amide bonds. The van der Waals surface area contributed by atoms with Crippen molar-refractivity contribution in [2.75, 3.05) is 6.61 Å². The van der Waals surface area contributed by atoms with E-state index in [0.717, 1.165) is 18.8 Å². The van der Waals surface area contributed by atoms with Gasteiger partial charge in [0.15, 0.2) is 0 Å². The highest BCUT2D eigenvalue weighted by Crippen LogP contribution is 2.28. The van der Waals surface area contributed by atoms with Crippen LogP contribution in [0.3, 0.4) is 0 Å². The summed E-state index contributed by atoms with van der Waals surface area (Å²) < 4.78 is 4.79. The lowest BCUT2D eigenvalue weighted by atomic mass is 10.0. The first-order valence-corrected chi connectivity index (χ1v) is 5.56. The van der Waals surface area contributed by atoms with Crippen molar-refractivity contribution in [1.82, 2.24) is 0 Å². The van der Waals surface area contributed by atoms with Crippen LogP contribution in [-0.4, -0.2) is 23.7 Å². The third-order valence-electron chi connectivity index (χ3n) is 2.79.